The predicted octanol–water partition coefficient (Wildman–Crippen LogP) is 2.96. The Bertz CT molecular complexity index is 306. The first kappa shape index (κ1) is 13.1. The average Bonchev–Trinajstić information content (AvgIpc) is 2.19. The smallest absolute Gasteiger partial charge is 0.189 e. The minimum atomic E-state index is -0.991. The minimum absolute atomic E-state index is 0.314. The summed E-state index contributed by atoms with van der Waals surface area (Å²) in [5.41, 5.74) is 6.31. The lowest BCUT2D eigenvalue weighted by molar-refractivity contribution is 0.0220. The van der Waals surface area contributed by atoms with Crippen molar-refractivity contribution >= 4 is 13.8 Å². The highest BCUT2D eigenvalue weighted by Crippen LogP contribution is 2.13. The lowest BCUT2D eigenvalue weighted by Gasteiger charge is -2.15. The quantitative estimate of drug-likeness (QED) is 0.359. The van der Waals surface area contributed by atoms with Gasteiger partial charge >= 0.3 is 0 Å². The molecular weight excluding hydrogens is 218 g/mol. The maximum absolute atomic E-state index is 5.57. The molecule has 0 spiro atoms. The summed E-state index contributed by atoms with van der Waals surface area (Å²) in [6, 6.07) is 8.49. The maximum Gasteiger partial charge on any atom is 0.189 e. The highest BCUT2D eigenvalue weighted by Gasteiger charge is 2.11. The molecule has 0 amide bonds. The van der Waals surface area contributed by atoms with Crippen molar-refractivity contribution < 1.29 is 9.47 Å². The first-order valence-electron chi connectivity index (χ1n) is 5.53. The van der Waals surface area contributed by atoms with Gasteiger partial charge < -0.3 is 15.2 Å². The van der Waals surface area contributed by atoms with E-state index in [1.54, 1.807) is 0 Å². The minimum Gasteiger partial charge on any atom is -0.468 e. The van der Waals surface area contributed by atoms with Crippen LogP contribution in [-0.2, 0) is 4.74 Å². The zero-order valence-electron chi connectivity index (χ0n) is 10.3. The molecule has 2 N–H and O–H groups in total. The van der Waals surface area contributed by atoms with Gasteiger partial charge in [-0.05, 0) is 30.3 Å². The molecule has 16 heavy (non-hydrogen) atoms. The van der Waals surface area contributed by atoms with Gasteiger partial charge in [0.25, 0.3) is 0 Å². The number of benzene rings is 1. The Balaban J connectivity index is 2.14. The van der Waals surface area contributed by atoms with E-state index in [0.717, 1.165) is 24.1 Å². The number of hydrogen-bond acceptors (Lipinski definition) is 3. The third kappa shape index (κ3) is 5.78. The monoisotopic (exact) mass is 239 g/mol. The molecule has 0 aliphatic heterocycles. The molecule has 0 aromatic heterocycles. The van der Waals surface area contributed by atoms with Crippen LogP contribution in [0.1, 0.15) is 0 Å². The van der Waals surface area contributed by atoms with E-state index in [2.05, 4.69) is 19.6 Å². The highest BCUT2D eigenvalue weighted by atomic mass is 28.3. The molecule has 4 heteroatoms. The number of hydrogen-bond donors (Lipinski definition) is 1. The van der Waals surface area contributed by atoms with E-state index in [1.165, 1.54) is 0 Å². The van der Waals surface area contributed by atoms with Crippen molar-refractivity contribution in [3.05, 3.63) is 24.3 Å². The maximum atomic E-state index is 5.57. The van der Waals surface area contributed by atoms with Crippen molar-refractivity contribution in [3.63, 3.8) is 0 Å². The molecule has 3 nitrogen and oxygen atoms in total. The van der Waals surface area contributed by atoms with Crippen molar-refractivity contribution in [1.82, 2.24) is 0 Å². The molecule has 0 bridgehead atoms. The van der Waals surface area contributed by atoms with Gasteiger partial charge in [-0.3, -0.25) is 0 Å². The second kappa shape index (κ2) is 5.91. The van der Waals surface area contributed by atoms with Gasteiger partial charge in [-0.15, -0.1) is 0 Å². The van der Waals surface area contributed by atoms with Crippen LogP contribution in [0.4, 0.5) is 5.69 Å². The van der Waals surface area contributed by atoms with Gasteiger partial charge in [0.05, 0.1) is 0 Å². The van der Waals surface area contributed by atoms with Gasteiger partial charge in [0.15, 0.2) is 6.79 Å². The van der Waals surface area contributed by atoms with Crippen molar-refractivity contribution in [2.75, 3.05) is 19.1 Å². The summed E-state index contributed by atoms with van der Waals surface area (Å²) >= 11 is 0. The van der Waals surface area contributed by atoms with Crippen LogP contribution in [0.2, 0.25) is 25.7 Å². The Morgan fingerprint density at radius 1 is 1.12 bits per heavy atom. The van der Waals surface area contributed by atoms with Gasteiger partial charge in [0.2, 0.25) is 0 Å². The molecule has 0 aliphatic carbocycles. The normalized spacial score (nSPS) is 11.4. The molecule has 1 rings (SSSR count). The van der Waals surface area contributed by atoms with E-state index in [9.17, 15) is 0 Å². The Labute approximate surface area is 98.6 Å². The summed E-state index contributed by atoms with van der Waals surface area (Å²) in [7, 11) is -0.991. The largest absolute Gasteiger partial charge is 0.468 e. The molecule has 0 atom stereocenters. The predicted molar refractivity (Wildman–Crippen MR) is 70.5 cm³/mol. The fraction of sp³-hybridized carbons (Fsp3) is 0.500. The van der Waals surface area contributed by atoms with Crippen LogP contribution >= 0.6 is 0 Å². The molecule has 0 radical (unpaired) electrons. The molecule has 90 valence electrons. The molecule has 1 aromatic carbocycles. The standard InChI is InChI=1S/C12H21NO2Si/c1-16(2,3)9-8-14-10-15-12-6-4-11(13)5-7-12/h4-7H,8-10,13H2,1-3H3. The van der Waals surface area contributed by atoms with Crippen LogP contribution in [-0.4, -0.2) is 21.5 Å². The summed E-state index contributed by atoms with van der Waals surface area (Å²) in [6.07, 6.45) is 0. The van der Waals surface area contributed by atoms with Gasteiger partial charge in [0.1, 0.15) is 5.75 Å². The van der Waals surface area contributed by atoms with E-state index in [1.807, 2.05) is 24.3 Å². The SMILES string of the molecule is C[Si](C)(C)CCOCOc1ccc(N)cc1. The molecule has 0 fully saturated rings. The van der Waals surface area contributed by atoms with Gasteiger partial charge in [0, 0.05) is 20.4 Å². The summed E-state index contributed by atoms with van der Waals surface area (Å²) < 4.78 is 10.8. The number of nitrogen functional groups attached to an aromatic ring is 1. The van der Waals surface area contributed by atoms with E-state index >= 15 is 0 Å². The molecule has 0 unspecified atom stereocenters. The van der Waals surface area contributed by atoms with E-state index in [0.29, 0.717) is 6.79 Å². The number of rotatable bonds is 6. The van der Waals surface area contributed by atoms with Crippen LogP contribution in [0.5, 0.6) is 5.75 Å². The Morgan fingerprint density at radius 3 is 2.31 bits per heavy atom. The molecular formula is C12H21NO2Si. The van der Waals surface area contributed by atoms with Crippen molar-refractivity contribution in [3.8, 4) is 5.75 Å². The van der Waals surface area contributed by atoms with Gasteiger partial charge in [-0.1, -0.05) is 19.6 Å². The summed E-state index contributed by atoms with van der Waals surface area (Å²) in [5, 5.41) is 0. The van der Waals surface area contributed by atoms with Gasteiger partial charge in [-0.2, -0.15) is 0 Å². The third-order valence-corrected chi connectivity index (χ3v) is 3.89. The molecule has 1 aromatic rings. The second-order valence-corrected chi connectivity index (χ2v) is 10.7. The zero-order valence-corrected chi connectivity index (χ0v) is 11.3. The second-order valence-electron chi connectivity index (χ2n) is 5.05. The fourth-order valence-electron chi connectivity index (χ4n) is 1.11. The highest BCUT2D eigenvalue weighted by molar-refractivity contribution is 6.76. The lowest BCUT2D eigenvalue weighted by Crippen LogP contribution is -2.22. The Morgan fingerprint density at radius 2 is 1.75 bits per heavy atom. The molecule has 0 heterocycles. The van der Waals surface area contributed by atoms with Crippen molar-refractivity contribution in [1.29, 1.82) is 0 Å². The Hall–Kier alpha value is -1.00. The molecule has 0 aliphatic rings. The average molecular weight is 239 g/mol. The van der Waals surface area contributed by atoms with E-state index < -0.39 is 8.07 Å². The first-order valence-corrected chi connectivity index (χ1v) is 9.24. The third-order valence-electron chi connectivity index (χ3n) is 2.19. The summed E-state index contributed by atoms with van der Waals surface area (Å²) in [6.45, 7) is 8.09. The van der Waals surface area contributed by atoms with Crippen LogP contribution < -0.4 is 10.5 Å². The van der Waals surface area contributed by atoms with E-state index in [-0.39, 0.29) is 0 Å². The van der Waals surface area contributed by atoms with E-state index in [4.69, 9.17) is 15.2 Å². The summed E-state index contributed by atoms with van der Waals surface area (Å²) in [4.78, 5) is 0. The fourth-order valence-corrected chi connectivity index (χ4v) is 1.87. The summed E-state index contributed by atoms with van der Waals surface area (Å²) in [5.74, 6) is 0.794. The first-order chi connectivity index (χ1) is 7.47. The molecule has 0 saturated carbocycles. The van der Waals surface area contributed by atoms with Crippen molar-refractivity contribution in [2.24, 2.45) is 0 Å². The van der Waals surface area contributed by atoms with Crippen LogP contribution in [0, 0.1) is 0 Å². The van der Waals surface area contributed by atoms with Crippen LogP contribution in [0.25, 0.3) is 0 Å². The Kier molecular flexibility index (Phi) is 4.83. The van der Waals surface area contributed by atoms with Gasteiger partial charge in [-0.25, -0.2) is 0 Å². The van der Waals surface area contributed by atoms with Crippen LogP contribution in [0.3, 0.4) is 0 Å². The van der Waals surface area contributed by atoms with Crippen molar-refractivity contribution in [2.45, 2.75) is 25.7 Å². The topological polar surface area (TPSA) is 44.5 Å². The number of anilines is 1. The number of ether oxygens (including phenoxy) is 2. The zero-order chi connectivity index (χ0) is 12.0. The lowest BCUT2D eigenvalue weighted by atomic mass is 10.3. The number of nitrogens with two attached hydrogens (primary N) is 1. The van der Waals surface area contributed by atoms with Crippen LogP contribution in [0.15, 0.2) is 24.3 Å². The molecule has 0 saturated heterocycles.